The summed E-state index contributed by atoms with van der Waals surface area (Å²) in [5.74, 6) is 0. The zero-order chi connectivity index (χ0) is 13.3. The first-order chi connectivity index (χ1) is 8.38. The van der Waals surface area contributed by atoms with Crippen molar-refractivity contribution < 1.29 is 17.9 Å². The lowest BCUT2D eigenvalue weighted by Crippen LogP contribution is -2.33. The van der Waals surface area contributed by atoms with Crippen LogP contribution in [0.4, 0.5) is 4.79 Å². The molecule has 1 aliphatic rings. The third-order valence-corrected chi connectivity index (χ3v) is 5.45. The Morgan fingerprint density at radius 1 is 1.56 bits per heavy atom. The maximum absolute atomic E-state index is 11.9. The van der Waals surface area contributed by atoms with E-state index >= 15 is 0 Å². The zero-order valence-corrected chi connectivity index (χ0v) is 11.7. The number of nitrogens with zero attached hydrogens (tertiary/aromatic N) is 1. The SMILES string of the molecule is Cc1ccc(S(=O)(=O)NCC2CN(C)C(=O)O2)s1. The van der Waals surface area contributed by atoms with Crippen LogP contribution in [0, 0.1) is 6.92 Å². The predicted octanol–water partition coefficient (Wildman–Crippen LogP) is 0.785. The van der Waals surface area contributed by atoms with Crippen LogP contribution in [-0.2, 0) is 14.8 Å². The Morgan fingerprint density at radius 2 is 2.28 bits per heavy atom. The Kier molecular flexibility index (Phi) is 3.60. The minimum atomic E-state index is -3.50. The first kappa shape index (κ1) is 13.3. The summed E-state index contributed by atoms with van der Waals surface area (Å²) in [6.07, 6.45) is -0.857. The van der Waals surface area contributed by atoms with Gasteiger partial charge >= 0.3 is 6.09 Å². The molecule has 1 saturated heterocycles. The van der Waals surface area contributed by atoms with Crippen LogP contribution in [0.1, 0.15) is 4.88 Å². The smallest absolute Gasteiger partial charge is 0.410 e. The van der Waals surface area contributed by atoms with Gasteiger partial charge in [0.2, 0.25) is 10.0 Å². The monoisotopic (exact) mass is 290 g/mol. The molecule has 1 N–H and O–H groups in total. The van der Waals surface area contributed by atoms with Gasteiger partial charge in [0.15, 0.2) is 0 Å². The van der Waals surface area contributed by atoms with Gasteiger partial charge in [-0.15, -0.1) is 11.3 Å². The van der Waals surface area contributed by atoms with E-state index in [0.29, 0.717) is 6.54 Å². The molecule has 2 heterocycles. The molecular weight excluding hydrogens is 276 g/mol. The standard InChI is InChI=1S/C10H14N2O4S2/c1-7-3-4-9(17-7)18(14,15)11-5-8-6-12(2)10(13)16-8/h3-4,8,11H,5-6H2,1-2H3. The normalized spacial score (nSPS) is 20.2. The van der Waals surface area contributed by atoms with Gasteiger partial charge in [-0.05, 0) is 19.1 Å². The minimum Gasteiger partial charge on any atom is -0.443 e. The first-order valence-electron chi connectivity index (χ1n) is 5.36. The van der Waals surface area contributed by atoms with Crippen molar-refractivity contribution >= 4 is 27.5 Å². The van der Waals surface area contributed by atoms with E-state index in [-0.39, 0.29) is 10.8 Å². The highest BCUT2D eigenvalue weighted by Gasteiger charge is 2.29. The van der Waals surface area contributed by atoms with Crippen LogP contribution in [-0.4, -0.2) is 45.7 Å². The van der Waals surface area contributed by atoms with Crippen LogP contribution in [0.2, 0.25) is 0 Å². The van der Waals surface area contributed by atoms with Crippen molar-refractivity contribution in [1.29, 1.82) is 0 Å². The Labute approximate surface area is 110 Å². The summed E-state index contributed by atoms with van der Waals surface area (Å²) in [6, 6.07) is 3.32. The number of sulfonamides is 1. The van der Waals surface area contributed by atoms with E-state index in [1.165, 1.54) is 16.2 Å². The highest BCUT2D eigenvalue weighted by Crippen LogP contribution is 2.20. The lowest BCUT2D eigenvalue weighted by Gasteiger charge is -2.09. The summed E-state index contributed by atoms with van der Waals surface area (Å²) in [4.78, 5) is 13.5. The number of ether oxygens (including phenoxy) is 1. The average molecular weight is 290 g/mol. The van der Waals surface area contributed by atoms with Crippen molar-refractivity contribution in [1.82, 2.24) is 9.62 Å². The van der Waals surface area contributed by atoms with Gasteiger partial charge in [0.1, 0.15) is 10.3 Å². The van der Waals surface area contributed by atoms with E-state index in [1.807, 2.05) is 6.92 Å². The van der Waals surface area contributed by atoms with Gasteiger partial charge in [-0.2, -0.15) is 0 Å². The molecule has 0 aliphatic carbocycles. The molecule has 0 saturated carbocycles. The molecule has 0 bridgehead atoms. The fourth-order valence-corrected chi connectivity index (χ4v) is 3.98. The lowest BCUT2D eigenvalue weighted by atomic mass is 10.4. The molecule has 0 aromatic carbocycles. The van der Waals surface area contributed by atoms with E-state index in [2.05, 4.69) is 4.72 Å². The highest BCUT2D eigenvalue weighted by atomic mass is 32.2. The third-order valence-electron chi connectivity index (χ3n) is 2.54. The predicted molar refractivity (Wildman–Crippen MR) is 67.1 cm³/mol. The summed E-state index contributed by atoms with van der Waals surface area (Å²) < 4.78 is 31.5. The van der Waals surface area contributed by atoms with Crippen molar-refractivity contribution in [2.45, 2.75) is 17.2 Å². The molecule has 18 heavy (non-hydrogen) atoms. The molecule has 2 rings (SSSR count). The second-order valence-corrected chi connectivity index (χ2v) is 7.38. The zero-order valence-electron chi connectivity index (χ0n) is 10.0. The van der Waals surface area contributed by atoms with Crippen LogP contribution in [0.25, 0.3) is 0 Å². The van der Waals surface area contributed by atoms with Crippen molar-refractivity contribution in [3.8, 4) is 0 Å². The van der Waals surface area contributed by atoms with Crippen LogP contribution in [0.3, 0.4) is 0 Å². The largest absolute Gasteiger partial charge is 0.443 e. The van der Waals surface area contributed by atoms with Gasteiger partial charge in [0.05, 0.1) is 6.54 Å². The number of amides is 1. The number of rotatable bonds is 4. The van der Waals surface area contributed by atoms with E-state index < -0.39 is 22.2 Å². The van der Waals surface area contributed by atoms with Crippen molar-refractivity contribution in [2.75, 3.05) is 20.1 Å². The molecule has 1 fully saturated rings. The molecule has 1 aliphatic heterocycles. The van der Waals surface area contributed by atoms with Gasteiger partial charge in [-0.25, -0.2) is 17.9 Å². The van der Waals surface area contributed by atoms with Gasteiger partial charge < -0.3 is 9.64 Å². The molecule has 100 valence electrons. The molecule has 1 amide bonds. The maximum atomic E-state index is 11.9. The maximum Gasteiger partial charge on any atom is 0.410 e. The summed E-state index contributed by atoms with van der Waals surface area (Å²) in [5, 5.41) is 0. The molecule has 0 radical (unpaired) electrons. The van der Waals surface area contributed by atoms with Crippen molar-refractivity contribution in [3.05, 3.63) is 17.0 Å². The summed E-state index contributed by atoms with van der Waals surface area (Å²) in [6.45, 7) is 2.33. The molecule has 6 nitrogen and oxygen atoms in total. The third kappa shape index (κ3) is 2.82. The second kappa shape index (κ2) is 4.87. The van der Waals surface area contributed by atoms with Crippen LogP contribution >= 0.6 is 11.3 Å². The molecule has 1 aromatic rings. The van der Waals surface area contributed by atoms with Gasteiger partial charge in [0.25, 0.3) is 0 Å². The summed E-state index contributed by atoms with van der Waals surface area (Å²) >= 11 is 1.21. The number of aryl methyl sites for hydroxylation is 1. The van der Waals surface area contributed by atoms with Crippen LogP contribution in [0.5, 0.6) is 0 Å². The van der Waals surface area contributed by atoms with Gasteiger partial charge in [0, 0.05) is 18.5 Å². The topological polar surface area (TPSA) is 75.7 Å². The van der Waals surface area contributed by atoms with Gasteiger partial charge in [-0.3, -0.25) is 0 Å². The van der Waals surface area contributed by atoms with E-state index in [0.717, 1.165) is 4.88 Å². The minimum absolute atomic E-state index is 0.0926. The Hall–Kier alpha value is -1.12. The molecule has 0 spiro atoms. The highest BCUT2D eigenvalue weighted by molar-refractivity contribution is 7.91. The Balaban J connectivity index is 1.96. The Bertz CT molecular complexity index is 552. The van der Waals surface area contributed by atoms with Crippen LogP contribution < -0.4 is 4.72 Å². The number of hydrogen-bond acceptors (Lipinski definition) is 5. The number of carbonyl (C=O) groups excluding carboxylic acids is 1. The Morgan fingerprint density at radius 3 is 2.78 bits per heavy atom. The molecular formula is C10H14N2O4S2. The van der Waals surface area contributed by atoms with E-state index in [9.17, 15) is 13.2 Å². The molecule has 1 unspecified atom stereocenters. The van der Waals surface area contributed by atoms with Crippen LogP contribution in [0.15, 0.2) is 16.3 Å². The quantitative estimate of drug-likeness (QED) is 0.889. The average Bonchev–Trinajstić information content (AvgIpc) is 2.85. The fourth-order valence-electron chi connectivity index (χ4n) is 1.59. The number of thiophene rings is 1. The second-order valence-electron chi connectivity index (χ2n) is 4.10. The number of cyclic esters (lactones) is 1. The molecule has 1 aromatic heterocycles. The number of likely N-dealkylation sites (N-methyl/N-ethyl adjacent to an activating group) is 1. The number of nitrogens with one attached hydrogen (secondary N) is 1. The van der Waals surface area contributed by atoms with Crippen molar-refractivity contribution in [2.24, 2.45) is 0 Å². The summed E-state index contributed by atoms with van der Waals surface area (Å²) in [5.41, 5.74) is 0. The van der Waals surface area contributed by atoms with E-state index in [4.69, 9.17) is 4.74 Å². The van der Waals surface area contributed by atoms with E-state index in [1.54, 1.807) is 19.2 Å². The fraction of sp³-hybridized carbons (Fsp3) is 0.500. The molecule has 8 heteroatoms. The lowest BCUT2D eigenvalue weighted by molar-refractivity contribution is 0.135. The first-order valence-corrected chi connectivity index (χ1v) is 7.66. The van der Waals surface area contributed by atoms with Gasteiger partial charge in [-0.1, -0.05) is 0 Å². The van der Waals surface area contributed by atoms with Crippen molar-refractivity contribution in [3.63, 3.8) is 0 Å². The number of carbonyl (C=O) groups is 1. The number of hydrogen-bond donors (Lipinski definition) is 1. The summed E-state index contributed by atoms with van der Waals surface area (Å²) in [7, 11) is -1.89. The molecule has 1 atom stereocenters.